The van der Waals surface area contributed by atoms with Crippen LogP contribution in [0.2, 0.25) is 0 Å². The van der Waals surface area contributed by atoms with E-state index in [9.17, 15) is 4.79 Å². The van der Waals surface area contributed by atoms with Gasteiger partial charge in [-0.25, -0.2) is 0 Å². The summed E-state index contributed by atoms with van der Waals surface area (Å²) in [5.41, 5.74) is 1.50. The van der Waals surface area contributed by atoms with Crippen molar-refractivity contribution in [2.45, 2.75) is 50.8 Å². The largest absolute Gasteiger partial charge is 0.349 e. The molecule has 0 spiro atoms. The predicted molar refractivity (Wildman–Crippen MR) is 79.6 cm³/mol. The summed E-state index contributed by atoms with van der Waals surface area (Å²) in [5.74, 6) is 1.19. The number of carbonyl (C=O) groups excluding carboxylic acids is 1. The fraction of sp³-hybridized carbons (Fsp3) is 0.714. The van der Waals surface area contributed by atoms with Gasteiger partial charge in [0, 0.05) is 24.5 Å². The Labute approximate surface area is 119 Å². The zero-order valence-electron chi connectivity index (χ0n) is 12.0. The van der Waals surface area contributed by atoms with Crippen LogP contribution in [0, 0.1) is 6.92 Å². The number of nitrogens with zero attached hydrogens (tertiary/aromatic N) is 2. The van der Waals surface area contributed by atoms with Crippen molar-refractivity contribution in [2.75, 3.05) is 5.75 Å². The molecule has 0 unspecified atom stereocenters. The van der Waals surface area contributed by atoms with E-state index in [1.54, 1.807) is 10.9 Å². The normalized spacial score (nSPS) is 23.3. The van der Waals surface area contributed by atoms with Crippen molar-refractivity contribution in [3.63, 3.8) is 0 Å². The van der Waals surface area contributed by atoms with E-state index in [4.69, 9.17) is 0 Å². The highest BCUT2D eigenvalue weighted by atomic mass is 32.2. The molecule has 1 heterocycles. The van der Waals surface area contributed by atoms with Gasteiger partial charge in [-0.1, -0.05) is 13.3 Å². The van der Waals surface area contributed by atoms with Gasteiger partial charge in [-0.3, -0.25) is 9.48 Å². The van der Waals surface area contributed by atoms with Crippen molar-refractivity contribution < 1.29 is 4.79 Å². The molecule has 1 amide bonds. The maximum Gasteiger partial charge on any atom is 0.254 e. The molecule has 1 saturated carbocycles. The summed E-state index contributed by atoms with van der Waals surface area (Å²) in [6.45, 7) is 4.08. The molecule has 2 rings (SSSR count). The smallest absolute Gasteiger partial charge is 0.254 e. The number of hydrogen-bond acceptors (Lipinski definition) is 3. The molecule has 19 heavy (non-hydrogen) atoms. The molecule has 1 N–H and O–H groups in total. The number of aromatic nitrogens is 2. The lowest BCUT2D eigenvalue weighted by Gasteiger charge is -2.29. The molecule has 0 saturated heterocycles. The summed E-state index contributed by atoms with van der Waals surface area (Å²) in [4.78, 5) is 12.2. The van der Waals surface area contributed by atoms with Crippen molar-refractivity contribution in [3.8, 4) is 0 Å². The molecular weight excluding hydrogens is 258 g/mol. The minimum Gasteiger partial charge on any atom is -0.349 e. The van der Waals surface area contributed by atoms with Crippen molar-refractivity contribution in [2.24, 2.45) is 7.05 Å². The van der Waals surface area contributed by atoms with Crippen LogP contribution in [-0.4, -0.2) is 32.7 Å². The molecule has 1 aliphatic rings. The van der Waals surface area contributed by atoms with Crippen molar-refractivity contribution in [1.82, 2.24) is 15.1 Å². The Morgan fingerprint density at radius 2 is 2.37 bits per heavy atom. The van der Waals surface area contributed by atoms with E-state index in [2.05, 4.69) is 17.3 Å². The Morgan fingerprint density at radius 1 is 1.58 bits per heavy atom. The lowest BCUT2D eigenvalue weighted by atomic mass is 9.94. The highest BCUT2D eigenvalue weighted by molar-refractivity contribution is 7.99. The Morgan fingerprint density at radius 3 is 3.00 bits per heavy atom. The van der Waals surface area contributed by atoms with Gasteiger partial charge >= 0.3 is 0 Å². The van der Waals surface area contributed by atoms with Crippen molar-refractivity contribution in [1.29, 1.82) is 0 Å². The number of thioether (sulfide) groups is 1. The summed E-state index contributed by atoms with van der Waals surface area (Å²) in [7, 11) is 1.85. The fourth-order valence-corrected chi connectivity index (χ4v) is 3.92. The van der Waals surface area contributed by atoms with Crippen LogP contribution in [-0.2, 0) is 7.05 Å². The monoisotopic (exact) mass is 281 g/mol. The Hall–Kier alpha value is -0.970. The number of hydrogen-bond donors (Lipinski definition) is 1. The zero-order chi connectivity index (χ0) is 13.8. The summed E-state index contributed by atoms with van der Waals surface area (Å²) in [6.07, 6.45) is 6.51. The zero-order valence-corrected chi connectivity index (χ0v) is 12.8. The maximum absolute atomic E-state index is 12.2. The quantitative estimate of drug-likeness (QED) is 0.922. The highest BCUT2D eigenvalue weighted by Crippen LogP contribution is 2.28. The van der Waals surface area contributed by atoms with E-state index in [-0.39, 0.29) is 5.91 Å². The van der Waals surface area contributed by atoms with Gasteiger partial charge < -0.3 is 5.32 Å². The van der Waals surface area contributed by atoms with Gasteiger partial charge in [0.1, 0.15) is 0 Å². The minimum atomic E-state index is 0.0257. The molecule has 106 valence electrons. The Balaban J connectivity index is 1.93. The average molecular weight is 281 g/mol. The molecule has 5 heteroatoms. The van der Waals surface area contributed by atoms with Gasteiger partial charge in [0.2, 0.25) is 0 Å². The van der Waals surface area contributed by atoms with E-state index >= 15 is 0 Å². The first-order valence-corrected chi connectivity index (χ1v) is 8.07. The SMILES string of the molecule is CCS[C@@H]1CCC[C@H](NC(=O)c2cn(C)nc2C)C1. The van der Waals surface area contributed by atoms with Gasteiger partial charge in [0.25, 0.3) is 5.91 Å². The van der Waals surface area contributed by atoms with Gasteiger partial charge in [-0.2, -0.15) is 16.9 Å². The minimum absolute atomic E-state index is 0.0257. The van der Waals surface area contributed by atoms with Crippen molar-refractivity contribution in [3.05, 3.63) is 17.5 Å². The van der Waals surface area contributed by atoms with Crippen LogP contribution in [0.15, 0.2) is 6.20 Å². The van der Waals surface area contributed by atoms with E-state index in [0.717, 1.165) is 24.3 Å². The molecule has 0 aromatic carbocycles. The van der Waals surface area contributed by atoms with Gasteiger partial charge in [-0.15, -0.1) is 0 Å². The van der Waals surface area contributed by atoms with Crippen LogP contribution in [0.3, 0.4) is 0 Å². The molecule has 1 aromatic heterocycles. The Kier molecular flexibility index (Phi) is 4.91. The molecule has 0 aliphatic heterocycles. The topological polar surface area (TPSA) is 46.9 Å². The summed E-state index contributed by atoms with van der Waals surface area (Å²) in [6, 6.07) is 0.324. The van der Waals surface area contributed by atoms with Gasteiger partial charge in [-0.05, 0) is 31.9 Å². The number of carbonyl (C=O) groups is 1. The lowest BCUT2D eigenvalue weighted by Crippen LogP contribution is -2.39. The molecule has 1 fully saturated rings. The molecule has 4 nitrogen and oxygen atoms in total. The molecular formula is C14H23N3OS. The third-order valence-electron chi connectivity index (χ3n) is 3.62. The first kappa shape index (κ1) is 14.4. The second-order valence-corrected chi connectivity index (χ2v) is 6.79. The number of amides is 1. The standard InChI is InChI=1S/C14H23N3OS/c1-4-19-12-7-5-6-11(8-12)15-14(18)13-9-17(3)16-10(13)2/h9,11-12H,4-8H2,1-3H3,(H,15,18)/t11-,12+/m0/s1. The highest BCUT2D eigenvalue weighted by Gasteiger charge is 2.24. The summed E-state index contributed by atoms with van der Waals surface area (Å²) in [5, 5.41) is 8.10. The third kappa shape index (κ3) is 3.75. The molecule has 1 aliphatic carbocycles. The average Bonchev–Trinajstić information content (AvgIpc) is 2.69. The summed E-state index contributed by atoms with van der Waals surface area (Å²) < 4.78 is 1.70. The second kappa shape index (κ2) is 6.46. The number of nitrogens with one attached hydrogen (secondary N) is 1. The second-order valence-electron chi connectivity index (χ2n) is 5.22. The Bertz CT molecular complexity index is 442. The van der Waals surface area contributed by atoms with Gasteiger partial charge in [0.05, 0.1) is 11.3 Å². The molecule has 0 bridgehead atoms. The van der Waals surface area contributed by atoms with Crippen LogP contribution in [0.1, 0.15) is 48.7 Å². The fourth-order valence-electron chi connectivity index (χ4n) is 2.75. The number of rotatable bonds is 4. The first-order chi connectivity index (χ1) is 9.10. The van der Waals surface area contributed by atoms with Crippen molar-refractivity contribution >= 4 is 17.7 Å². The van der Waals surface area contributed by atoms with E-state index in [1.807, 2.05) is 25.7 Å². The van der Waals surface area contributed by atoms with Crippen LogP contribution in [0.25, 0.3) is 0 Å². The van der Waals surface area contributed by atoms with Crippen LogP contribution in [0.4, 0.5) is 0 Å². The lowest BCUT2D eigenvalue weighted by molar-refractivity contribution is 0.0928. The van der Waals surface area contributed by atoms with Crippen LogP contribution < -0.4 is 5.32 Å². The van der Waals surface area contributed by atoms with Crippen LogP contribution in [0.5, 0.6) is 0 Å². The maximum atomic E-state index is 12.2. The molecule has 0 radical (unpaired) electrons. The van der Waals surface area contributed by atoms with E-state index in [1.165, 1.54) is 12.8 Å². The van der Waals surface area contributed by atoms with E-state index < -0.39 is 0 Å². The first-order valence-electron chi connectivity index (χ1n) is 7.02. The predicted octanol–water partition coefficient (Wildman–Crippen LogP) is 2.52. The van der Waals surface area contributed by atoms with Gasteiger partial charge in [0.15, 0.2) is 0 Å². The number of aryl methyl sites for hydroxylation is 2. The third-order valence-corrected chi connectivity index (χ3v) is 4.85. The molecule has 2 atom stereocenters. The molecule has 1 aromatic rings. The van der Waals surface area contributed by atoms with E-state index in [0.29, 0.717) is 16.9 Å². The summed E-state index contributed by atoms with van der Waals surface area (Å²) >= 11 is 2.02. The van der Waals surface area contributed by atoms with Crippen LogP contribution >= 0.6 is 11.8 Å².